The predicted octanol–water partition coefficient (Wildman–Crippen LogP) is 4.53. The molecule has 144 valence electrons. The van der Waals surface area contributed by atoms with Crippen LogP contribution in [0, 0.1) is 0 Å². The standard InChI is InChI=1S/C21H32N2O3/c1-7-20(3,4)17-18(21(5,6)8-2)23-19(22-17)15-10-9-14(13-16(15)25)26-12-11-24/h9-10,13,24-25H,7-8,11-12H2,1-6H3,(H,22,23). The maximum absolute atomic E-state index is 10.5. The van der Waals surface area contributed by atoms with Crippen molar-refractivity contribution in [3.8, 4) is 22.9 Å². The molecule has 0 spiro atoms. The summed E-state index contributed by atoms with van der Waals surface area (Å²) in [7, 11) is 0. The highest BCUT2D eigenvalue weighted by molar-refractivity contribution is 5.66. The van der Waals surface area contributed by atoms with Gasteiger partial charge < -0.3 is 19.9 Å². The van der Waals surface area contributed by atoms with Crippen LogP contribution in [0.25, 0.3) is 11.4 Å². The van der Waals surface area contributed by atoms with E-state index in [-0.39, 0.29) is 29.8 Å². The van der Waals surface area contributed by atoms with E-state index in [9.17, 15) is 5.11 Å². The molecule has 0 bridgehead atoms. The lowest BCUT2D eigenvalue weighted by atomic mass is 9.77. The zero-order valence-electron chi connectivity index (χ0n) is 16.8. The number of imidazole rings is 1. The monoisotopic (exact) mass is 360 g/mol. The number of nitrogens with zero attached hydrogens (tertiary/aromatic N) is 1. The number of aromatic nitrogens is 2. The summed E-state index contributed by atoms with van der Waals surface area (Å²) < 4.78 is 5.36. The molecule has 3 N–H and O–H groups in total. The Bertz CT molecular complexity index is 714. The second-order valence-electron chi connectivity index (χ2n) is 8.03. The van der Waals surface area contributed by atoms with Crippen molar-refractivity contribution in [2.45, 2.75) is 65.2 Å². The van der Waals surface area contributed by atoms with Crippen LogP contribution in [0.4, 0.5) is 0 Å². The Morgan fingerprint density at radius 1 is 1.08 bits per heavy atom. The molecule has 26 heavy (non-hydrogen) atoms. The number of H-pyrrole nitrogens is 1. The number of phenols is 1. The van der Waals surface area contributed by atoms with E-state index in [0.29, 0.717) is 17.1 Å². The second kappa shape index (κ2) is 7.70. The highest BCUT2D eigenvalue weighted by atomic mass is 16.5. The molecule has 0 aliphatic carbocycles. The number of aliphatic hydroxyl groups excluding tert-OH is 1. The first kappa shape index (κ1) is 20.3. The van der Waals surface area contributed by atoms with Crippen LogP contribution in [0.3, 0.4) is 0 Å². The van der Waals surface area contributed by atoms with Gasteiger partial charge in [0.25, 0.3) is 0 Å². The molecule has 2 rings (SSSR count). The maximum Gasteiger partial charge on any atom is 0.141 e. The number of nitrogens with one attached hydrogen (secondary N) is 1. The zero-order valence-corrected chi connectivity index (χ0v) is 16.8. The van der Waals surface area contributed by atoms with Gasteiger partial charge in [-0.3, -0.25) is 0 Å². The Kier molecular flexibility index (Phi) is 6.02. The topological polar surface area (TPSA) is 78.4 Å². The lowest BCUT2D eigenvalue weighted by Gasteiger charge is -2.28. The number of aromatic hydroxyl groups is 1. The van der Waals surface area contributed by atoms with Crippen molar-refractivity contribution in [3.05, 3.63) is 29.6 Å². The fourth-order valence-corrected chi connectivity index (χ4v) is 2.79. The van der Waals surface area contributed by atoms with E-state index < -0.39 is 0 Å². The lowest BCUT2D eigenvalue weighted by Crippen LogP contribution is -2.25. The number of aliphatic hydroxyl groups is 1. The van der Waals surface area contributed by atoms with E-state index in [0.717, 1.165) is 24.2 Å². The lowest BCUT2D eigenvalue weighted by molar-refractivity contribution is 0.201. The van der Waals surface area contributed by atoms with Crippen molar-refractivity contribution in [3.63, 3.8) is 0 Å². The molecule has 1 aromatic carbocycles. The van der Waals surface area contributed by atoms with Gasteiger partial charge in [0.1, 0.15) is 23.9 Å². The number of aromatic amines is 1. The molecule has 0 unspecified atom stereocenters. The summed E-state index contributed by atoms with van der Waals surface area (Å²) in [6, 6.07) is 5.14. The summed E-state index contributed by atoms with van der Waals surface area (Å²) in [6.07, 6.45) is 1.96. The second-order valence-corrected chi connectivity index (χ2v) is 8.03. The molecule has 1 aromatic heterocycles. The number of benzene rings is 1. The van der Waals surface area contributed by atoms with E-state index in [4.69, 9.17) is 14.8 Å². The Morgan fingerprint density at radius 2 is 1.73 bits per heavy atom. The van der Waals surface area contributed by atoms with Crippen LogP contribution in [0.2, 0.25) is 0 Å². The number of hydrogen-bond acceptors (Lipinski definition) is 4. The highest BCUT2D eigenvalue weighted by Gasteiger charge is 2.33. The van der Waals surface area contributed by atoms with Gasteiger partial charge in [0.15, 0.2) is 0 Å². The van der Waals surface area contributed by atoms with Gasteiger partial charge in [0.2, 0.25) is 0 Å². The Balaban J connectivity index is 2.53. The third-order valence-electron chi connectivity index (χ3n) is 5.37. The molecule has 0 aliphatic rings. The summed E-state index contributed by atoms with van der Waals surface area (Å²) in [6.45, 7) is 13.3. The van der Waals surface area contributed by atoms with Crippen LogP contribution in [-0.4, -0.2) is 33.4 Å². The number of phenolic OH excluding ortho intramolecular Hbond substituents is 1. The van der Waals surface area contributed by atoms with Gasteiger partial charge >= 0.3 is 0 Å². The quantitative estimate of drug-likeness (QED) is 0.646. The number of ether oxygens (including phenoxy) is 1. The molecule has 2 aromatic rings. The van der Waals surface area contributed by atoms with Crippen molar-refractivity contribution in [1.29, 1.82) is 0 Å². The third-order valence-corrected chi connectivity index (χ3v) is 5.37. The normalized spacial score (nSPS) is 12.4. The molecule has 0 saturated carbocycles. The Morgan fingerprint density at radius 3 is 2.27 bits per heavy atom. The van der Waals surface area contributed by atoms with E-state index >= 15 is 0 Å². The van der Waals surface area contributed by atoms with Crippen molar-refractivity contribution in [2.75, 3.05) is 13.2 Å². The first-order chi connectivity index (χ1) is 12.2. The first-order valence-electron chi connectivity index (χ1n) is 9.34. The van der Waals surface area contributed by atoms with Crippen LogP contribution in [-0.2, 0) is 10.8 Å². The summed E-state index contributed by atoms with van der Waals surface area (Å²) in [5, 5.41) is 19.3. The highest BCUT2D eigenvalue weighted by Crippen LogP contribution is 2.39. The van der Waals surface area contributed by atoms with E-state index in [1.165, 1.54) is 0 Å². The van der Waals surface area contributed by atoms with Crippen LogP contribution in [0.1, 0.15) is 65.8 Å². The predicted molar refractivity (Wildman–Crippen MR) is 105 cm³/mol. The van der Waals surface area contributed by atoms with E-state index in [1.54, 1.807) is 18.2 Å². The molecule has 0 fully saturated rings. The van der Waals surface area contributed by atoms with Crippen molar-refractivity contribution in [1.82, 2.24) is 9.97 Å². The Hall–Kier alpha value is -2.01. The molecule has 0 aliphatic heterocycles. The molecule has 0 atom stereocenters. The molecule has 5 heteroatoms. The molecular weight excluding hydrogens is 328 g/mol. The minimum atomic E-state index is -0.0639. The van der Waals surface area contributed by atoms with Gasteiger partial charge in [-0.25, -0.2) is 4.98 Å². The zero-order chi connectivity index (χ0) is 19.5. The summed E-state index contributed by atoms with van der Waals surface area (Å²) >= 11 is 0. The SMILES string of the molecule is CCC(C)(C)c1nc(-c2ccc(OCCO)cc2O)[nH]c1C(C)(C)CC. The van der Waals surface area contributed by atoms with Gasteiger partial charge in [-0.2, -0.15) is 0 Å². The molecule has 5 nitrogen and oxygen atoms in total. The smallest absolute Gasteiger partial charge is 0.141 e. The van der Waals surface area contributed by atoms with Crippen molar-refractivity contribution in [2.24, 2.45) is 0 Å². The molecule has 1 heterocycles. The Labute approximate surface area is 156 Å². The minimum Gasteiger partial charge on any atom is -0.507 e. The van der Waals surface area contributed by atoms with Gasteiger partial charge in [0, 0.05) is 22.6 Å². The summed E-state index contributed by atoms with van der Waals surface area (Å²) in [5.74, 6) is 1.30. The van der Waals surface area contributed by atoms with Crippen molar-refractivity contribution < 1.29 is 14.9 Å². The fraction of sp³-hybridized carbons (Fsp3) is 0.571. The van der Waals surface area contributed by atoms with Gasteiger partial charge in [-0.05, 0) is 25.0 Å². The van der Waals surface area contributed by atoms with Crippen LogP contribution in [0.15, 0.2) is 18.2 Å². The largest absolute Gasteiger partial charge is 0.507 e. The molecule has 0 saturated heterocycles. The van der Waals surface area contributed by atoms with Gasteiger partial charge in [-0.15, -0.1) is 0 Å². The average molecular weight is 360 g/mol. The van der Waals surface area contributed by atoms with Gasteiger partial charge in [0.05, 0.1) is 17.9 Å². The van der Waals surface area contributed by atoms with Crippen LogP contribution < -0.4 is 4.74 Å². The molecule has 0 radical (unpaired) electrons. The maximum atomic E-state index is 10.5. The first-order valence-corrected chi connectivity index (χ1v) is 9.34. The summed E-state index contributed by atoms with van der Waals surface area (Å²) in [5.41, 5.74) is 2.74. The average Bonchev–Trinajstić information content (AvgIpc) is 3.07. The molecular formula is C21H32N2O3. The van der Waals surface area contributed by atoms with Crippen LogP contribution >= 0.6 is 0 Å². The van der Waals surface area contributed by atoms with E-state index in [1.807, 2.05) is 0 Å². The fourth-order valence-electron chi connectivity index (χ4n) is 2.79. The van der Waals surface area contributed by atoms with Crippen molar-refractivity contribution >= 4 is 0 Å². The molecule has 0 amide bonds. The number of rotatable bonds is 8. The number of hydrogen-bond donors (Lipinski definition) is 3. The van der Waals surface area contributed by atoms with Crippen LogP contribution in [0.5, 0.6) is 11.5 Å². The minimum absolute atomic E-state index is 0.0349. The summed E-state index contributed by atoms with van der Waals surface area (Å²) in [4.78, 5) is 8.37. The van der Waals surface area contributed by atoms with Gasteiger partial charge in [-0.1, -0.05) is 41.5 Å². The third kappa shape index (κ3) is 4.04. The van der Waals surface area contributed by atoms with E-state index in [2.05, 4.69) is 46.5 Å².